The average molecular weight is 414 g/mol. The molecule has 158 valence electrons. The first kappa shape index (κ1) is 22.6. The number of carbonyl (C=O) groups is 4. The minimum absolute atomic E-state index is 0.224. The van der Waals surface area contributed by atoms with Crippen molar-refractivity contribution in [1.82, 2.24) is 0 Å². The van der Waals surface area contributed by atoms with Crippen LogP contribution >= 0.6 is 0 Å². The smallest absolute Gasteiger partial charge is 0.344 e. The molecule has 0 amide bonds. The highest BCUT2D eigenvalue weighted by Gasteiger charge is 2.13. The molecule has 0 aliphatic carbocycles. The SMILES string of the molecule is Cc1ccc(C(=O)OCC(=O)OCCOC(=O)COC(=O)c2ccc(C)cc2)cc1. The predicted octanol–water partition coefficient (Wildman–Crippen LogP) is 2.40. The van der Waals surface area contributed by atoms with Crippen molar-refractivity contribution in [2.45, 2.75) is 13.8 Å². The number of hydrogen-bond acceptors (Lipinski definition) is 8. The third-order valence-electron chi connectivity index (χ3n) is 3.83. The number of carbonyl (C=O) groups excluding carboxylic acids is 4. The van der Waals surface area contributed by atoms with Gasteiger partial charge in [0.2, 0.25) is 0 Å². The largest absolute Gasteiger partial charge is 0.460 e. The minimum Gasteiger partial charge on any atom is -0.460 e. The molecule has 2 aromatic rings. The van der Waals surface area contributed by atoms with E-state index in [9.17, 15) is 19.2 Å². The quantitative estimate of drug-likeness (QED) is 0.350. The Kier molecular flexibility index (Phi) is 8.56. The Labute approximate surface area is 173 Å². The molecule has 0 saturated heterocycles. The molecule has 0 aromatic heterocycles. The average Bonchev–Trinajstić information content (AvgIpc) is 2.74. The van der Waals surface area contributed by atoms with E-state index in [-0.39, 0.29) is 13.2 Å². The zero-order valence-electron chi connectivity index (χ0n) is 16.7. The van der Waals surface area contributed by atoms with Gasteiger partial charge < -0.3 is 18.9 Å². The van der Waals surface area contributed by atoms with Crippen LogP contribution in [0.5, 0.6) is 0 Å². The fourth-order valence-electron chi connectivity index (χ4n) is 2.19. The van der Waals surface area contributed by atoms with Gasteiger partial charge in [0.25, 0.3) is 0 Å². The maximum atomic E-state index is 11.8. The van der Waals surface area contributed by atoms with Gasteiger partial charge in [-0.05, 0) is 38.1 Å². The van der Waals surface area contributed by atoms with E-state index < -0.39 is 37.1 Å². The minimum atomic E-state index is -0.780. The molecule has 0 fully saturated rings. The second-order valence-corrected chi connectivity index (χ2v) is 6.33. The van der Waals surface area contributed by atoms with Crippen molar-refractivity contribution in [3.05, 3.63) is 70.8 Å². The Bertz CT molecular complexity index is 809. The van der Waals surface area contributed by atoms with Crippen LogP contribution in [0.25, 0.3) is 0 Å². The molecular weight excluding hydrogens is 392 g/mol. The van der Waals surface area contributed by atoms with Gasteiger partial charge >= 0.3 is 23.9 Å². The van der Waals surface area contributed by atoms with E-state index in [2.05, 4.69) is 0 Å². The zero-order chi connectivity index (χ0) is 21.9. The van der Waals surface area contributed by atoms with Crippen molar-refractivity contribution in [2.24, 2.45) is 0 Å². The topological polar surface area (TPSA) is 105 Å². The lowest BCUT2D eigenvalue weighted by atomic mass is 10.1. The van der Waals surface area contributed by atoms with Crippen molar-refractivity contribution < 1.29 is 38.1 Å². The normalized spacial score (nSPS) is 10.1. The van der Waals surface area contributed by atoms with E-state index in [4.69, 9.17) is 18.9 Å². The van der Waals surface area contributed by atoms with Crippen LogP contribution in [0, 0.1) is 13.8 Å². The van der Waals surface area contributed by atoms with Crippen LogP contribution in [-0.4, -0.2) is 50.3 Å². The summed E-state index contributed by atoms with van der Waals surface area (Å²) in [7, 11) is 0. The molecule has 0 radical (unpaired) electrons. The van der Waals surface area contributed by atoms with Crippen molar-refractivity contribution in [2.75, 3.05) is 26.4 Å². The number of rotatable bonds is 9. The van der Waals surface area contributed by atoms with Crippen molar-refractivity contribution in [3.8, 4) is 0 Å². The maximum absolute atomic E-state index is 11.8. The summed E-state index contributed by atoms with van der Waals surface area (Å²) in [6, 6.07) is 13.4. The summed E-state index contributed by atoms with van der Waals surface area (Å²) in [4.78, 5) is 46.7. The molecule has 0 aliphatic rings. The van der Waals surface area contributed by atoms with Crippen LogP contribution in [-0.2, 0) is 28.5 Å². The highest BCUT2D eigenvalue weighted by atomic mass is 16.6. The van der Waals surface area contributed by atoms with Crippen LogP contribution in [0.4, 0.5) is 0 Å². The Balaban J connectivity index is 1.57. The van der Waals surface area contributed by atoms with Gasteiger partial charge in [-0.3, -0.25) is 0 Å². The fraction of sp³-hybridized carbons (Fsp3) is 0.273. The van der Waals surface area contributed by atoms with Gasteiger partial charge in [-0.1, -0.05) is 35.4 Å². The molecule has 0 atom stereocenters. The summed E-state index contributed by atoms with van der Waals surface area (Å²) in [5.74, 6) is -2.85. The first-order valence-corrected chi connectivity index (χ1v) is 9.14. The first-order chi connectivity index (χ1) is 14.3. The molecule has 0 aliphatic heterocycles. The van der Waals surface area contributed by atoms with Crippen LogP contribution in [0.3, 0.4) is 0 Å². The number of esters is 4. The van der Waals surface area contributed by atoms with E-state index in [1.165, 1.54) is 0 Å². The molecule has 2 rings (SSSR count). The summed E-state index contributed by atoms with van der Waals surface area (Å²) in [5.41, 5.74) is 2.63. The van der Waals surface area contributed by atoms with Gasteiger partial charge in [0, 0.05) is 0 Å². The van der Waals surface area contributed by atoms with Gasteiger partial charge in [0.05, 0.1) is 11.1 Å². The van der Waals surface area contributed by atoms with Crippen LogP contribution < -0.4 is 0 Å². The summed E-state index contributed by atoms with van der Waals surface area (Å²) in [6.45, 7) is 2.20. The van der Waals surface area contributed by atoms with Gasteiger partial charge in [-0.15, -0.1) is 0 Å². The summed E-state index contributed by atoms with van der Waals surface area (Å²) >= 11 is 0. The Morgan fingerprint density at radius 3 is 1.23 bits per heavy atom. The molecule has 2 aromatic carbocycles. The molecule has 8 heteroatoms. The molecule has 0 unspecified atom stereocenters. The monoisotopic (exact) mass is 414 g/mol. The number of benzene rings is 2. The molecule has 8 nitrogen and oxygen atoms in total. The molecule has 0 saturated carbocycles. The highest BCUT2D eigenvalue weighted by Crippen LogP contribution is 2.06. The molecule has 0 spiro atoms. The zero-order valence-corrected chi connectivity index (χ0v) is 16.7. The lowest BCUT2D eigenvalue weighted by Gasteiger charge is -2.08. The number of aryl methyl sites for hydroxylation is 2. The Morgan fingerprint density at radius 1 is 0.567 bits per heavy atom. The van der Waals surface area contributed by atoms with Crippen molar-refractivity contribution >= 4 is 23.9 Å². The second kappa shape index (κ2) is 11.4. The van der Waals surface area contributed by atoms with Gasteiger partial charge in [0.1, 0.15) is 13.2 Å². The van der Waals surface area contributed by atoms with E-state index >= 15 is 0 Å². The van der Waals surface area contributed by atoms with Crippen LogP contribution in [0.2, 0.25) is 0 Å². The third kappa shape index (κ3) is 7.75. The number of hydrogen-bond donors (Lipinski definition) is 0. The molecule has 0 heterocycles. The highest BCUT2D eigenvalue weighted by molar-refractivity contribution is 5.91. The lowest BCUT2D eigenvalue weighted by Crippen LogP contribution is -2.21. The van der Waals surface area contributed by atoms with Crippen molar-refractivity contribution in [1.29, 1.82) is 0 Å². The molecular formula is C22H22O8. The summed E-state index contributed by atoms with van der Waals surface area (Å²) in [6.07, 6.45) is 0. The molecule has 30 heavy (non-hydrogen) atoms. The van der Waals surface area contributed by atoms with E-state index in [1.54, 1.807) is 48.5 Å². The lowest BCUT2D eigenvalue weighted by molar-refractivity contribution is -0.155. The predicted molar refractivity (Wildman–Crippen MR) is 105 cm³/mol. The first-order valence-electron chi connectivity index (χ1n) is 9.14. The number of ether oxygens (including phenoxy) is 4. The van der Waals surface area contributed by atoms with Gasteiger partial charge in [-0.25, -0.2) is 19.2 Å². The summed E-state index contributed by atoms with van der Waals surface area (Å²) in [5, 5.41) is 0. The maximum Gasteiger partial charge on any atom is 0.344 e. The third-order valence-corrected chi connectivity index (χ3v) is 3.83. The van der Waals surface area contributed by atoms with E-state index in [0.29, 0.717) is 11.1 Å². The summed E-state index contributed by atoms with van der Waals surface area (Å²) < 4.78 is 19.3. The van der Waals surface area contributed by atoms with Gasteiger partial charge in [-0.2, -0.15) is 0 Å². The molecule has 0 bridgehead atoms. The fourth-order valence-corrected chi connectivity index (χ4v) is 2.19. The van der Waals surface area contributed by atoms with E-state index in [1.807, 2.05) is 13.8 Å². The van der Waals surface area contributed by atoms with Crippen molar-refractivity contribution in [3.63, 3.8) is 0 Å². The molecule has 0 N–H and O–H groups in total. The Morgan fingerprint density at radius 2 is 0.900 bits per heavy atom. The van der Waals surface area contributed by atoms with Crippen LogP contribution in [0.1, 0.15) is 31.8 Å². The second-order valence-electron chi connectivity index (χ2n) is 6.33. The van der Waals surface area contributed by atoms with Gasteiger partial charge in [0.15, 0.2) is 13.2 Å². The standard InChI is InChI=1S/C22H22O8/c1-15-3-7-17(8-4-15)21(25)29-13-19(23)27-11-12-28-20(24)14-30-22(26)18-9-5-16(2)6-10-18/h3-10H,11-14H2,1-2H3. The Hall–Kier alpha value is -3.68. The van der Waals surface area contributed by atoms with Crippen LogP contribution in [0.15, 0.2) is 48.5 Å². The van der Waals surface area contributed by atoms with E-state index in [0.717, 1.165) is 11.1 Å².